The van der Waals surface area contributed by atoms with E-state index >= 15 is 0 Å². The summed E-state index contributed by atoms with van der Waals surface area (Å²) in [4.78, 5) is 23.6. The summed E-state index contributed by atoms with van der Waals surface area (Å²) < 4.78 is 22.3. The van der Waals surface area contributed by atoms with Gasteiger partial charge in [-0.15, -0.1) is 0 Å². The largest absolute Gasteiger partial charge is 0.318 e. The van der Waals surface area contributed by atoms with E-state index < -0.39 is 21.8 Å². The molecule has 24 heavy (non-hydrogen) atoms. The number of benzene rings is 2. The van der Waals surface area contributed by atoms with Gasteiger partial charge in [-0.05, 0) is 42.5 Å². The van der Waals surface area contributed by atoms with Crippen molar-refractivity contribution in [1.82, 2.24) is 0 Å². The average Bonchev–Trinajstić information content (AvgIpc) is 2.50. The van der Waals surface area contributed by atoms with Gasteiger partial charge in [0.1, 0.15) is 0 Å². The fourth-order valence-corrected chi connectivity index (χ4v) is 2.54. The standard InChI is InChI=1S/C14H11Cl2N3O4S/c15-8-1-6-11(16)12(7-8)19-14(21)13(20)18-9-2-4-10(5-3-9)24(17,22)23/h1-7H,(H,18,20)(H,19,21)(H2,17,22,23). The molecule has 7 nitrogen and oxygen atoms in total. The summed E-state index contributed by atoms with van der Waals surface area (Å²) in [6.07, 6.45) is 0. The fraction of sp³-hybridized carbons (Fsp3) is 0. The number of amides is 2. The summed E-state index contributed by atoms with van der Waals surface area (Å²) >= 11 is 11.7. The van der Waals surface area contributed by atoms with Crippen molar-refractivity contribution in [1.29, 1.82) is 0 Å². The molecule has 0 fully saturated rings. The van der Waals surface area contributed by atoms with Gasteiger partial charge >= 0.3 is 11.8 Å². The predicted octanol–water partition coefficient (Wildman–Crippen LogP) is 2.22. The molecule has 4 N–H and O–H groups in total. The van der Waals surface area contributed by atoms with E-state index in [1.54, 1.807) is 0 Å². The second-order valence-electron chi connectivity index (χ2n) is 4.60. The van der Waals surface area contributed by atoms with Crippen LogP contribution in [0.1, 0.15) is 0 Å². The van der Waals surface area contributed by atoms with E-state index in [-0.39, 0.29) is 21.3 Å². The summed E-state index contributed by atoms with van der Waals surface area (Å²) in [7, 11) is -3.83. The molecule has 2 aromatic carbocycles. The summed E-state index contributed by atoms with van der Waals surface area (Å²) in [6, 6.07) is 9.42. The molecule has 0 radical (unpaired) electrons. The molecule has 0 aliphatic heterocycles. The second-order valence-corrected chi connectivity index (χ2v) is 7.01. The van der Waals surface area contributed by atoms with E-state index in [1.807, 2.05) is 0 Å². The van der Waals surface area contributed by atoms with E-state index in [2.05, 4.69) is 10.6 Å². The van der Waals surface area contributed by atoms with Gasteiger partial charge < -0.3 is 10.6 Å². The first kappa shape index (κ1) is 18.2. The molecule has 0 saturated carbocycles. The van der Waals surface area contributed by atoms with E-state index in [0.29, 0.717) is 5.02 Å². The van der Waals surface area contributed by atoms with Crippen molar-refractivity contribution < 1.29 is 18.0 Å². The van der Waals surface area contributed by atoms with Crippen LogP contribution in [0.5, 0.6) is 0 Å². The Balaban J connectivity index is 2.06. The number of hydrogen-bond acceptors (Lipinski definition) is 4. The van der Waals surface area contributed by atoms with Crippen LogP contribution >= 0.6 is 23.2 Å². The van der Waals surface area contributed by atoms with Gasteiger partial charge in [0.25, 0.3) is 0 Å². The molecule has 2 amide bonds. The lowest BCUT2D eigenvalue weighted by molar-refractivity contribution is -0.132. The Morgan fingerprint density at radius 2 is 1.50 bits per heavy atom. The van der Waals surface area contributed by atoms with Crippen LogP contribution in [0, 0.1) is 0 Å². The first-order valence-corrected chi connectivity index (χ1v) is 8.67. The maximum absolute atomic E-state index is 11.9. The highest BCUT2D eigenvalue weighted by Crippen LogP contribution is 2.25. The van der Waals surface area contributed by atoms with Gasteiger partial charge in [-0.2, -0.15) is 0 Å². The van der Waals surface area contributed by atoms with Crippen LogP contribution in [0.15, 0.2) is 47.4 Å². The third-order valence-electron chi connectivity index (χ3n) is 2.82. The Labute approximate surface area is 147 Å². The lowest BCUT2D eigenvalue weighted by Crippen LogP contribution is -2.29. The molecule has 2 rings (SSSR count). The van der Waals surface area contributed by atoms with E-state index in [9.17, 15) is 18.0 Å². The summed E-state index contributed by atoms with van der Waals surface area (Å²) in [5.74, 6) is -1.93. The van der Waals surface area contributed by atoms with Gasteiger partial charge in [-0.25, -0.2) is 13.6 Å². The first-order chi connectivity index (χ1) is 11.2. The Hall–Kier alpha value is -2.13. The zero-order valence-electron chi connectivity index (χ0n) is 11.9. The molecule has 0 atom stereocenters. The van der Waals surface area contributed by atoms with Crippen molar-refractivity contribution in [2.24, 2.45) is 5.14 Å². The Morgan fingerprint density at radius 3 is 2.08 bits per heavy atom. The number of primary sulfonamides is 1. The monoisotopic (exact) mass is 387 g/mol. The number of halogens is 2. The van der Waals surface area contributed by atoms with E-state index in [4.69, 9.17) is 28.3 Å². The SMILES string of the molecule is NS(=O)(=O)c1ccc(NC(=O)C(=O)Nc2cc(Cl)ccc2Cl)cc1. The maximum Gasteiger partial charge on any atom is 0.314 e. The number of carbonyl (C=O) groups excluding carboxylic acids is 2. The van der Waals surface area contributed by atoms with Crippen LogP contribution in [-0.2, 0) is 19.6 Å². The number of hydrogen-bond donors (Lipinski definition) is 3. The van der Waals surface area contributed by atoms with E-state index in [0.717, 1.165) is 0 Å². The molecule has 126 valence electrons. The minimum Gasteiger partial charge on any atom is -0.318 e. The van der Waals surface area contributed by atoms with Crippen molar-refractivity contribution in [3.05, 3.63) is 52.5 Å². The van der Waals surface area contributed by atoms with Crippen molar-refractivity contribution in [2.75, 3.05) is 10.6 Å². The zero-order chi connectivity index (χ0) is 17.9. The first-order valence-electron chi connectivity index (χ1n) is 6.37. The van der Waals surface area contributed by atoms with E-state index in [1.165, 1.54) is 42.5 Å². The molecule has 0 unspecified atom stereocenters. The number of rotatable bonds is 3. The lowest BCUT2D eigenvalue weighted by atomic mass is 10.3. The summed E-state index contributed by atoms with van der Waals surface area (Å²) in [6.45, 7) is 0. The summed E-state index contributed by atoms with van der Waals surface area (Å²) in [5.41, 5.74) is 0.411. The quantitative estimate of drug-likeness (QED) is 0.699. The van der Waals surface area contributed by atoms with Crippen molar-refractivity contribution in [3.63, 3.8) is 0 Å². The van der Waals surface area contributed by atoms with Crippen LogP contribution < -0.4 is 15.8 Å². The average molecular weight is 388 g/mol. The molecule has 10 heteroatoms. The number of carbonyl (C=O) groups is 2. The molecule has 0 saturated heterocycles. The fourth-order valence-electron chi connectivity index (χ4n) is 1.69. The van der Waals surface area contributed by atoms with Crippen molar-refractivity contribution in [3.8, 4) is 0 Å². The van der Waals surface area contributed by atoms with Gasteiger partial charge in [0, 0.05) is 10.7 Å². The maximum atomic E-state index is 11.9. The molecular weight excluding hydrogens is 377 g/mol. The lowest BCUT2D eigenvalue weighted by Gasteiger charge is -2.08. The normalized spacial score (nSPS) is 11.0. The van der Waals surface area contributed by atoms with Crippen LogP contribution in [0.3, 0.4) is 0 Å². The molecular formula is C14H11Cl2N3O4S. The number of nitrogens with two attached hydrogens (primary N) is 1. The zero-order valence-corrected chi connectivity index (χ0v) is 14.2. The highest BCUT2D eigenvalue weighted by atomic mass is 35.5. The molecule has 0 aliphatic carbocycles. The summed E-state index contributed by atoms with van der Waals surface area (Å²) in [5, 5.41) is 10.2. The topological polar surface area (TPSA) is 118 Å². The minimum absolute atomic E-state index is 0.115. The van der Waals surface area contributed by atoms with Gasteiger partial charge in [0.2, 0.25) is 10.0 Å². The molecule has 0 heterocycles. The number of sulfonamides is 1. The third-order valence-corrected chi connectivity index (χ3v) is 4.32. The van der Waals surface area contributed by atoms with Crippen LogP contribution in [0.4, 0.5) is 11.4 Å². The van der Waals surface area contributed by atoms with Crippen molar-refractivity contribution in [2.45, 2.75) is 4.90 Å². The highest BCUT2D eigenvalue weighted by molar-refractivity contribution is 7.89. The minimum atomic E-state index is -3.83. The van der Waals surface area contributed by atoms with Crippen molar-refractivity contribution >= 4 is 56.4 Å². The van der Waals surface area contributed by atoms with Crippen LogP contribution in [0.2, 0.25) is 10.0 Å². The molecule has 0 aromatic heterocycles. The molecule has 0 aliphatic rings. The Kier molecular flexibility index (Phi) is 5.45. The van der Waals surface area contributed by atoms with Crippen LogP contribution in [0.25, 0.3) is 0 Å². The number of anilines is 2. The molecule has 0 bridgehead atoms. The molecule has 0 spiro atoms. The Bertz CT molecular complexity index is 899. The van der Waals surface area contributed by atoms with Crippen LogP contribution in [-0.4, -0.2) is 20.2 Å². The third kappa shape index (κ3) is 4.68. The van der Waals surface area contributed by atoms with Gasteiger partial charge in [-0.1, -0.05) is 23.2 Å². The number of nitrogens with one attached hydrogen (secondary N) is 2. The van der Waals surface area contributed by atoms with Gasteiger partial charge in [0.05, 0.1) is 15.6 Å². The smallest absolute Gasteiger partial charge is 0.314 e. The highest BCUT2D eigenvalue weighted by Gasteiger charge is 2.16. The second kappa shape index (κ2) is 7.18. The van der Waals surface area contributed by atoms with Gasteiger partial charge in [-0.3, -0.25) is 9.59 Å². The van der Waals surface area contributed by atoms with Gasteiger partial charge in [0.15, 0.2) is 0 Å². The Morgan fingerprint density at radius 1 is 0.917 bits per heavy atom. The predicted molar refractivity (Wildman–Crippen MR) is 91.5 cm³/mol. The molecule has 2 aromatic rings.